The number of para-hydroxylation sites is 1. The van der Waals surface area contributed by atoms with Gasteiger partial charge in [0.05, 0.1) is 11.3 Å². The van der Waals surface area contributed by atoms with Crippen LogP contribution in [0.5, 0.6) is 11.5 Å². The molecule has 1 fully saturated rings. The second-order valence-electron chi connectivity index (χ2n) is 13.0. The highest BCUT2D eigenvalue weighted by Gasteiger charge is 2.56. The van der Waals surface area contributed by atoms with Gasteiger partial charge in [-0.25, -0.2) is 4.79 Å². The number of rotatable bonds is 6. The Hall–Kier alpha value is -4.06. The molecule has 3 aliphatic rings. The molecule has 1 heterocycles. The molecule has 0 saturated heterocycles. The summed E-state index contributed by atoms with van der Waals surface area (Å²) in [5.74, 6) is 0.117. The molecule has 0 aromatic heterocycles. The number of anilines is 1. The molecular weight excluding hydrogens is 590 g/mol. The van der Waals surface area contributed by atoms with Crippen LogP contribution in [0, 0.1) is 0 Å². The zero-order valence-corrected chi connectivity index (χ0v) is 26.4. The van der Waals surface area contributed by atoms with E-state index in [1.807, 2.05) is 51.1 Å². The molecule has 8 N–H and O–H groups in total. The van der Waals surface area contributed by atoms with E-state index in [1.54, 1.807) is 36.4 Å². The lowest BCUT2D eigenvalue weighted by molar-refractivity contribution is -0.126. The summed E-state index contributed by atoms with van der Waals surface area (Å²) < 4.78 is 11.3. The normalized spacial score (nSPS) is 27.0. The molecule has 10 nitrogen and oxygen atoms in total. The van der Waals surface area contributed by atoms with Crippen molar-refractivity contribution in [2.75, 3.05) is 5.73 Å². The van der Waals surface area contributed by atoms with E-state index in [4.69, 9.17) is 26.7 Å². The molecule has 1 saturated carbocycles. The summed E-state index contributed by atoms with van der Waals surface area (Å²) >= 11 is 1.33. The highest BCUT2D eigenvalue weighted by Crippen LogP contribution is 2.56. The Labute approximate surface area is 266 Å². The second kappa shape index (κ2) is 11.7. The number of carbonyl (C=O) groups excluding carboxylic acids is 3. The second-order valence-corrected chi connectivity index (χ2v) is 14.2. The fraction of sp³-hybridized carbons (Fsp3) is 0.382. The Balaban J connectivity index is 1.21. The van der Waals surface area contributed by atoms with Gasteiger partial charge in [-0.1, -0.05) is 36.4 Å². The van der Waals surface area contributed by atoms with E-state index in [1.165, 1.54) is 11.8 Å². The van der Waals surface area contributed by atoms with Gasteiger partial charge in [0.25, 0.3) is 0 Å². The molecule has 0 bridgehead atoms. The molecule has 45 heavy (non-hydrogen) atoms. The third-order valence-corrected chi connectivity index (χ3v) is 10.1. The van der Waals surface area contributed by atoms with Crippen LogP contribution in [-0.2, 0) is 19.9 Å². The summed E-state index contributed by atoms with van der Waals surface area (Å²) in [4.78, 5) is 40.9. The molecule has 2 amide bonds. The minimum Gasteiger partial charge on any atom is -0.457 e. The highest BCUT2D eigenvalue weighted by molar-refractivity contribution is 8.01. The van der Waals surface area contributed by atoms with E-state index in [0.29, 0.717) is 47.6 Å². The van der Waals surface area contributed by atoms with Crippen molar-refractivity contribution in [1.82, 2.24) is 10.6 Å². The minimum absolute atomic E-state index is 0.110. The average molecular weight is 630 g/mol. The lowest BCUT2D eigenvalue weighted by Gasteiger charge is -2.41. The predicted molar refractivity (Wildman–Crippen MR) is 173 cm³/mol. The first-order valence-corrected chi connectivity index (χ1v) is 16.0. The number of amides is 2. The van der Waals surface area contributed by atoms with Crippen LogP contribution in [0.15, 0.2) is 71.6 Å². The number of nitrogen functional groups attached to an aromatic ring is 1. The van der Waals surface area contributed by atoms with Gasteiger partial charge in [-0.15, -0.1) is 11.8 Å². The number of benzene rings is 3. The van der Waals surface area contributed by atoms with Crippen LogP contribution in [-0.4, -0.2) is 46.8 Å². The number of Topliss-reactive ketones (excluding diaryl/α,β-unsaturated/α-hetero) is 1. The summed E-state index contributed by atoms with van der Waals surface area (Å²) in [5.41, 5.74) is 20.5. The number of ether oxygens (including phenoxy) is 2. The topological polar surface area (TPSA) is 172 Å². The summed E-state index contributed by atoms with van der Waals surface area (Å²) in [6, 6.07) is 18.7. The van der Waals surface area contributed by atoms with E-state index in [9.17, 15) is 14.4 Å². The highest BCUT2D eigenvalue weighted by atomic mass is 32.2. The Morgan fingerprint density at radius 1 is 0.933 bits per heavy atom. The van der Waals surface area contributed by atoms with Crippen LogP contribution in [0.3, 0.4) is 0 Å². The molecule has 0 spiro atoms. The quantitative estimate of drug-likeness (QED) is 0.249. The van der Waals surface area contributed by atoms with Crippen LogP contribution in [0.25, 0.3) is 0 Å². The number of nitrogens with one attached hydrogen (secondary N) is 2. The van der Waals surface area contributed by atoms with Gasteiger partial charge in [0.1, 0.15) is 22.6 Å². The van der Waals surface area contributed by atoms with Crippen molar-refractivity contribution >= 4 is 35.2 Å². The van der Waals surface area contributed by atoms with Crippen molar-refractivity contribution in [3.8, 4) is 11.5 Å². The van der Waals surface area contributed by atoms with E-state index >= 15 is 0 Å². The lowest BCUT2D eigenvalue weighted by atomic mass is 9.65. The SMILES string of the molecule is CC(C)(C)OC(=O)N[C@@H]1CC[C@H](NC(=O)C2Sc3c(N)ccc4c3C2C(N)C(=O)C4(N)c2ccc(Oc3ccccc3)cc2)C1. The molecular formula is C34H39N5O5S. The van der Waals surface area contributed by atoms with Crippen molar-refractivity contribution in [3.63, 3.8) is 0 Å². The number of nitrogens with two attached hydrogens (primary N) is 3. The molecule has 1 aliphatic heterocycles. The van der Waals surface area contributed by atoms with Gasteiger partial charge in [0.2, 0.25) is 5.91 Å². The van der Waals surface area contributed by atoms with E-state index in [-0.39, 0.29) is 23.8 Å². The van der Waals surface area contributed by atoms with Crippen LogP contribution in [0.2, 0.25) is 0 Å². The van der Waals surface area contributed by atoms with Crippen LogP contribution >= 0.6 is 11.8 Å². The molecule has 0 radical (unpaired) electrons. The zero-order chi connectivity index (χ0) is 32.1. The van der Waals surface area contributed by atoms with Crippen molar-refractivity contribution in [2.45, 2.75) is 85.4 Å². The Kier molecular flexibility index (Phi) is 8.05. The van der Waals surface area contributed by atoms with Crippen LogP contribution < -0.4 is 32.6 Å². The van der Waals surface area contributed by atoms with Gasteiger partial charge < -0.3 is 37.3 Å². The molecule has 2 aliphatic carbocycles. The van der Waals surface area contributed by atoms with Gasteiger partial charge in [0, 0.05) is 28.6 Å². The van der Waals surface area contributed by atoms with Gasteiger partial charge in [-0.3, -0.25) is 9.59 Å². The fourth-order valence-corrected chi connectivity index (χ4v) is 8.09. The average Bonchev–Trinajstić information content (AvgIpc) is 3.61. The first-order chi connectivity index (χ1) is 21.3. The lowest BCUT2D eigenvalue weighted by Crippen LogP contribution is -2.60. The monoisotopic (exact) mass is 629 g/mol. The summed E-state index contributed by atoms with van der Waals surface area (Å²) in [5, 5.41) is 5.38. The van der Waals surface area contributed by atoms with Crippen LogP contribution in [0.4, 0.5) is 10.5 Å². The maximum absolute atomic E-state index is 14.1. The molecule has 6 atom stereocenters. The smallest absolute Gasteiger partial charge is 0.407 e. The van der Waals surface area contributed by atoms with Crippen molar-refractivity contribution in [3.05, 3.63) is 83.4 Å². The number of hydrogen-bond acceptors (Lipinski definition) is 9. The summed E-state index contributed by atoms with van der Waals surface area (Å²) in [6.07, 6.45) is 1.52. The van der Waals surface area contributed by atoms with Gasteiger partial charge in [0.15, 0.2) is 5.78 Å². The summed E-state index contributed by atoms with van der Waals surface area (Å²) in [6.45, 7) is 5.44. The van der Waals surface area contributed by atoms with E-state index < -0.39 is 34.4 Å². The van der Waals surface area contributed by atoms with E-state index in [0.717, 1.165) is 10.5 Å². The number of ketones is 1. The number of hydrogen-bond donors (Lipinski definition) is 5. The van der Waals surface area contributed by atoms with Crippen LogP contribution in [0.1, 0.15) is 62.6 Å². The maximum atomic E-state index is 14.1. The standard InChI is InChI=1S/C34H39N5O5S/c1-33(2,3)44-32(42)39-20-12-11-19(17-20)38-31(41)29-26-25-23(15-16-24(35)28(25)45-29)34(37,30(40)27(26)36)18-9-13-22(14-10-18)43-21-7-5-4-6-8-21/h4-10,13-16,19-20,26-27,29H,11-12,17,35-37H2,1-3H3,(H,38,41)(H,39,42)/t19-,20+,26?,27?,29?,34?/m0/s1. The molecule has 11 heteroatoms. The predicted octanol–water partition coefficient (Wildman–Crippen LogP) is 4.29. The molecule has 3 aromatic rings. The zero-order valence-electron chi connectivity index (χ0n) is 25.5. The number of alkyl carbamates (subject to hydrolysis) is 1. The first kappa shape index (κ1) is 30.9. The summed E-state index contributed by atoms with van der Waals surface area (Å²) in [7, 11) is 0. The molecule has 4 unspecified atom stereocenters. The van der Waals surface area contributed by atoms with Crippen molar-refractivity contribution in [1.29, 1.82) is 0 Å². The first-order valence-electron chi connectivity index (χ1n) is 15.2. The van der Waals surface area contributed by atoms with E-state index in [2.05, 4.69) is 10.6 Å². The Morgan fingerprint density at radius 3 is 2.24 bits per heavy atom. The maximum Gasteiger partial charge on any atom is 0.407 e. The van der Waals surface area contributed by atoms with Crippen molar-refractivity contribution in [2.24, 2.45) is 11.5 Å². The number of carbonyl (C=O) groups is 3. The molecule has 236 valence electrons. The van der Waals surface area contributed by atoms with Crippen molar-refractivity contribution < 1.29 is 23.9 Å². The Bertz CT molecular complexity index is 1630. The largest absolute Gasteiger partial charge is 0.457 e. The third-order valence-electron chi connectivity index (χ3n) is 8.68. The Morgan fingerprint density at radius 2 is 1.58 bits per heavy atom. The van der Waals surface area contributed by atoms with Gasteiger partial charge in [-0.05, 0) is 87.1 Å². The fourth-order valence-electron chi connectivity index (χ4n) is 6.63. The molecule has 3 aromatic carbocycles. The number of thioether (sulfide) groups is 1. The third kappa shape index (κ3) is 5.87. The van der Waals surface area contributed by atoms with Gasteiger partial charge in [-0.2, -0.15) is 0 Å². The minimum atomic E-state index is -1.53. The molecule has 6 rings (SSSR count). The van der Waals surface area contributed by atoms with Gasteiger partial charge >= 0.3 is 6.09 Å².